The van der Waals surface area contributed by atoms with E-state index in [9.17, 15) is 4.79 Å². The summed E-state index contributed by atoms with van der Waals surface area (Å²) in [6.45, 7) is 2.64. The van der Waals surface area contributed by atoms with Crippen molar-refractivity contribution in [2.75, 3.05) is 6.61 Å². The van der Waals surface area contributed by atoms with Crippen molar-refractivity contribution in [3.05, 3.63) is 0 Å². The van der Waals surface area contributed by atoms with E-state index in [4.69, 9.17) is 4.74 Å². The van der Waals surface area contributed by atoms with Gasteiger partial charge in [-0.05, 0) is 37.5 Å². The van der Waals surface area contributed by atoms with E-state index in [0.29, 0.717) is 12.5 Å². The van der Waals surface area contributed by atoms with Gasteiger partial charge in [0, 0.05) is 0 Å². The van der Waals surface area contributed by atoms with E-state index in [0.717, 1.165) is 18.8 Å². The molecule has 13 heavy (non-hydrogen) atoms. The first-order chi connectivity index (χ1) is 6.31. The van der Waals surface area contributed by atoms with Gasteiger partial charge in [-0.25, -0.2) is 0 Å². The summed E-state index contributed by atoms with van der Waals surface area (Å²) in [5, 5.41) is 0. The first kappa shape index (κ1) is 9.04. The Bertz CT molecular complexity index is 200. The van der Waals surface area contributed by atoms with Gasteiger partial charge >= 0.3 is 5.97 Å². The molecule has 2 aliphatic carbocycles. The molecule has 2 aliphatic rings. The molecule has 0 saturated heterocycles. The number of ether oxygens (including phenoxy) is 1. The van der Waals surface area contributed by atoms with Crippen LogP contribution in [0, 0.1) is 17.8 Å². The monoisotopic (exact) mass is 182 g/mol. The minimum absolute atomic E-state index is 0.0778. The van der Waals surface area contributed by atoms with Crippen molar-refractivity contribution in [2.24, 2.45) is 17.8 Å². The van der Waals surface area contributed by atoms with Gasteiger partial charge in [-0.15, -0.1) is 0 Å². The van der Waals surface area contributed by atoms with Crippen LogP contribution in [0.2, 0.25) is 0 Å². The van der Waals surface area contributed by atoms with Crippen molar-refractivity contribution < 1.29 is 9.53 Å². The molecule has 74 valence electrons. The number of fused-ring (bicyclic) bond motifs is 2. The van der Waals surface area contributed by atoms with Gasteiger partial charge in [-0.2, -0.15) is 0 Å². The smallest absolute Gasteiger partial charge is 0.309 e. The third-order valence-corrected chi connectivity index (χ3v) is 3.49. The molecule has 3 atom stereocenters. The minimum Gasteiger partial charge on any atom is -0.465 e. The van der Waals surface area contributed by atoms with Gasteiger partial charge in [0.05, 0.1) is 12.5 Å². The molecule has 0 amide bonds. The van der Waals surface area contributed by atoms with Crippen molar-refractivity contribution in [1.82, 2.24) is 0 Å². The normalized spacial score (nSPS) is 36.5. The maximum absolute atomic E-state index is 11.6. The fourth-order valence-corrected chi connectivity index (χ4v) is 2.84. The van der Waals surface area contributed by atoms with E-state index in [-0.39, 0.29) is 11.9 Å². The Kier molecular flexibility index (Phi) is 2.56. The zero-order valence-corrected chi connectivity index (χ0v) is 8.29. The zero-order chi connectivity index (χ0) is 9.26. The van der Waals surface area contributed by atoms with Crippen LogP contribution in [0.5, 0.6) is 0 Å². The summed E-state index contributed by atoms with van der Waals surface area (Å²) in [6.07, 6.45) is 5.93. The molecular formula is C11H18O2. The van der Waals surface area contributed by atoms with Crippen LogP contribution in [0.15, 0.2) is 0 Å². The van der Waals surface area contributed by atoms with Crippen LogP contribution in [0.25, 0.3) is 0 Å². The van der Waals surface area contributed by atoms with E-state index < -0.39 is 0 Å². The Labute approximate surface area is 79.7 Å². The third-order valence-electron chi connectivity index (χ3n) is 3.49. The molecule has 2 saturated carbocycles. The predicted molar refractivity (Wildman–Crippen MR) is 50.2 cm³/mol. The quantitative estimate of drug-likeness (QED) is 0.626. The van der Waals surface area contributed by atoms with Crippen molar-refractivity contribution in [1.29, 1.82) is 0 Å². The largest absolute Gasteiger partial charge is 0.465 e. The lowest BCUT2D eigenvalue weighted by atomic mass is 9.89. The standard InChI is InChI=1S/C11H18O2/c1-2-5-13-11(12)10-7-8-3-4-9(10)6-8/h8-10H,2-7H2,1H3/t8?,9-,10+/m1/s1. The van der Waals surface area contributed by atoms with Gasteiger partial charge in [-0.3, -0.25) is 4.79 Å². The number of hydrogen-bond acceptors (Lipinski definition) is 2. The minimum atomic E-state index is 0.0778. The molecule has 2 heteroatoms. The average molecular weight is 182 g/mol. The summed E-state index contributed by atoms with van der Waals surface area (Å²) in [5.41, 5.74) is 0. The Morgan fingerprint density at radius 1 is 1.38 bits per heavy atom. The lowest BCUT2D eigenvalue weighted by Gasteiger charge is -2.19. The SMILES string of the molecule is CCCOC(=O)[C@H]1CC2CC[C@@H]1C2. The molecule has 0 radical (unpaired) electrons. The molecule has 0 aromatic rings. The van der Waals surface area contributed by atoms with Crippen molar-refractivity contribution in [3.8, 4) is 0 Å². The van der Waals surface area contributed by atoms with Crippen LogP contribution in [0.4, 0.5) is 0 Å². The zero-order valence-electron chi connectivity index (χ0n) is 8.29. The molecule has 2 rings (SSSR count). The molecule has 0 spiro atoms. The van der Waals surface area contributed by atoms with E-state index >= 15 is 0 Å². The summed E-state index contributed by atoms with van der Waals surface area (Å²) in [4.78, 5) is 11.6. The first-order valence-electron chi connectivity index (χ1n) is 5.48. The van der Waals surface area contributed by atoms with Crippen LogP contribution in [-0.4, -0.2) is 12.6 Å². The van der Waals surface area contributed by atoms with Crippen LogP contribution in [-0.2, 0) is 9.53 Å². The second-order valence-electron chi connectivity index (χ2n) is 4.45. The summed E-state index contributed by atoms with van der Waals surface area (Å²) < 4.78 is 5.19. The third kappa shape index (κ3) is 1.72. The van der Waals surface area contributed by atoms with E-state index in [2.05, 4.69) is 0 Å². The number of esters is 1. The molecule has 2 bridgehead atoms. The molecule has 1 unspecified atom stereocenters. The first-order valence-corrected chi connectivity index (χ1v) is 5.48. The molecule has 0 aliphatic heterocycles. The highest BCUT2D eigenvalue weighted by Crippen LogP contribution is 2.48. The average Bonchev–Trinajstić information content (AvgIpc) is 2.74. The van der Waals surface area contributed by atoms with Gasteiger partial charge in [0.2, 0.25) is 0 Å². The van der Waals surface area contributed by atoms with Gasteiger partial charge in [0.25, 0.3) is 0 Å². The Balaban J connectivity index is 1.84. The van der Waals surface area contributed by atoms with E-state index in [1.165, 1.54) is 19.3 Å². The summed E-state index contributed by atoms with van der Waals surface area (Å²) in [5.74, 6) is 1.83. The van der Waals surface area contributed by atoms with Gasteiger partial charge in [0.15, 0.2) is 0 Å². The highest BCUT2D eigenvalue weighted by atomic mass is 16.5. The lowest BCUT2D eigenvalue weighted by molar-refractivity contribution is -0.150. The Hall–Kier alpha value is -0.530. The Morgan fingerprint density at radius 3 is 2.77 bits per heavy atom. The number of carbonyl (C=O) groups excluding carboxylic acids is 1. The van der Waals surface area contributed by atoms with Crippen LogP contribution in [0.3, 0.4) is 0 Å². The molecule has 0 N–H and O–H groups in total. The highest BCUT2D eigenvalue weighted by molar-refractivity contribution is 5.73. The number of rotatable bonds is 3. The fraction of sp³-hybridized carbons (Fsp3) is 0.909. The van der Waals surface area contributed by atoms with Crippen LogP contribution in [0.1, 0.15) is 39.0 Å². The van der Waals surface area contributed by atoms with Crippen molar-refractivity contribution in [2.45, 2.75) is 39.0 Å². The summed E-state index contributed by atoms with van der Waals surface area (Å²) >= 11 is 0. The molecule has 2 fully saturated rings. The van der Waals surface area contributed by atoms with Gasteiger partial charge in [-0.1, -0.05) is 13.3 Å². The van der Waals surface area contributed by atoms with Gasteiger partial charge in [0.1, 0.15) is 0 Å². The van der Waals surface area contributed by atoms with E-state index in [1.807, 2.05) is 6.92 Å². The Morgan fingerprint density at radius 2 is 2.23 bits per heavy atom. The maximum Gasteiger partial charge on any atom is 0.309 e. The topological polar surface area (TPSA) is 26.3 Å². The van der Waals surface area contributed by atoms with Crippen LogP contribution < -0.4 is 0 Å². The number of hydrogen-bond donors (Lipinski definition) is 0. The molecule has 0 aromatic carbocycles. The maximum atomic E-state index is 11.6. The highest BCUT2D eigenvalue weighted by Gasteiger charge is 2.43. The molecular weight excluding hydrogens is 164 g/mol. The second-order valence-corrected chi connectivity index (χ2v) is 4.45. The van der Waals surface area contributed by atoms with Crippen LogP contribution >= 0.6 is 0 Å². The number of carbonyl (C=O) groups is 1. The van der Waals surface area contributed by atoms with Gasteiger partial charge < -0.3 is 4.74 Å². The summed E-state index contributed by atoms with van der Waals surface area (Å²) in [7, 11) is 0. The molecule has 0 heterocycles. The lowest BCUT2D eigenvalue weighted by Crippen LogP contribution is -2.23. The van der Waals surface area contributed by atoms with Crippen molar-refractivity contribution in [3.63, 3.8) is 0 Å². The van der Waals surface area contributed by atoms with Crippen molar-refractivity contribution >= 4 is 5.97 Å². The van der Waals surface area contributed by atoms with E-state index in [1.54, 1.807) is 0 Å². The second kappa shape index (κ2) is 3.69. The molecule has 0 aromatic heterocycles. The molecule has 2 nitrogen and oxygen atoms in total. The summed E-state index contributed by atoms with van der Waals surface area (Å²) in [6, 6.07) is 0. The fourth-order valence-electron chi connectivity index (χ4n) is 2.84. The predicted octanol–water partition coefficient (Wildman–Crippen LogP) is 2.38.